The Morgan fingerprint density at radius 2 is 1.58 bits per heavy atom. The van der Waals surface area contributed by atoms with E-state index in [4.69, 9.17) is 0 Å². The minimum Gasteiger partial charge on any atom is -0.355 e. The Balaban J connectivity index is 1.59. The lowest BCUT2D eigenvalue weighted by atomic mass is 9.96. The summed E-state index contributed by atoms with van der Waals surface area (Å²) in [5, 5.41) is 6.64. The fourth-order valence-corrected chi connectivity index (χ4v) is 3.71. The number of likely N-dealkylation sites (tertiary alicyclic amines) is 1. The van der Waals surface area contributed by atoms with Crippen molar-refractivity contribution in [2.24, 2.45) is 5.92 Å². The van der Waals surface area contributed by atoms with Crippen LogP contribution in [0.4, 0.5) is 4.79 Å². The monoisotopic (exact) mass is 338 g/mol. The fourth-order valence-electron chi connectivity index (χ4n) is 3.71. The van der Waals surface area contributed by atoms with Crippen molar-refractivity contribution < 1.29 is 9.59 Å². The van der Waals surface area contributed by atoms with Gasteiger partial charge in [0, 0.05) is 52.2 Å². The van der Waals surface area contributed by atoms with Gasteiger partial charge in [-0.25, -0.2) is 4.79 Å². The zero-order chi connectivity index (χ0) is 17.4. The van der Waals surface area contributed by atoms with Crippen molar-refractivity contribution in [1.82, 2.24) is 20.4 Å². The minimum absolute atomic E-state index is 0.0430. The van der Waals surface area contributed by atoms with E-state index in [0.717, 1.165) is 19.4 Å². The van der Waals surface area contributed by atoms with Crippen molar-refractivity contribution in [1.29, 1.82) is 0 Å². The standard InChI is InChI=1S/C18H34N4O2/c1-21(2)18(24)22-13-9-15(10-14-22)17(23)20-12-11-19-16-7-5-3-4-6-8-16/h15-16,19H,3-14H2,1-2H3,(H,20,23). The van der Waals surface area contributed by atoms with E-state index in [1.54, 1.807) is 19.0 Å². The lowest BCUT2D eigenvalue weighted by Crippen LogP contribution is -2.47. The van der Waals surface area contributed by atoms with Crippen LogP contribution in [0.5, 0.6) is 0 Å². The Bertz CT molecular complexity index is 398. The summed E-state index contributed by atoms with van der Waals surface area (Å²) >= 11 is 0. The predicted octanol–water partition coefficient (Wildman–Crippen LogP) is 1.81. The highest BCUT2D eigenvalue weighted by atomic mass is 16.2. The summed E-state index contributed by atoms with van der Waals surface area (Å²) in [7, 11) is 3.53. The predicted molar refractivity (Wildman–Crippen MR) is 95.9 cm³/mol. The molecule has 2 aliphatic rings. The van der Waals surface area contributed by atoms with E-state index < -0.39 is 0 Å². The fraction of sp³-hybridized carbons (Fsp3) is 0.889. The summed E-state index contributed by atoms with van der Waals surface area (Å²) in [6.45, 7) is 2.91. The number of nitrogens with one attached hydrogen (secondary N) is 2. The largest absolute Gasteiger partial charge is 0.355 e. The van der Waals surface area contributed by atoms with Gasteiger partial charge in [-0.15, -0.1) is 0 Å². The molecular formula is C18H34N4O2. The summed E-state index contributed by atoms with van der Waals surface area (Å²) in [6, 6.07) is 0.672. The zero-order valence-electron chi connectivity index (χ0n) is 15.4. The van der Waals surface area contributed by atoms with Crippen LogP contribution in [0.1, 0.15) is 51.4 Å². The van der Waals surface area contributed by atoms with E-state index in [-0.39, 0.29) is 17.9 Å². The highest BCUT2D eigenvalue weighted by Gasteiger charge is 2.27. The number of rotatable bonds is 5. The van der Waals surface area contributed by atoms with Crippen molar-refractivity contribution in [3.8, 4) is 0 Å². The third-order valence-corrected chi connectivity index (χ3v) is 5.23. The normalized spacial score (nSPS) is 20.5. The van der Waals surface area contributed by atoms with E-state index in [1.807, 2.05) is 4.90 Å². The van der Waals surface area contributed by atoms with E-state index >= 15 is 0 Å². The smallest absolute Gasteiger partial charge is 0.319 e. The van der Waals surface area contributed by atoms with Crippen LogP contribution in [-0.4, -0.2) is 68.1 Å². The first kappa shape index (κ1) is 19.0. The summed E-state index contributed by atoms with van der Waals surface area (Å²) in [5.41, 5.74) is 0. The van der Waals surface area contributed by atoms with E-state index in [0.29, 0.717) is 25.7 Å². The molecule has 2 N–H and O–H groups in total. The van der Waals surface area contributed by atoms with Gasteiger partial charge in [0.1, 0.15) is 0 Å². The third kappa shape index (κ3) is 5.96. The van der Waals surface area contributed by atoms with Gasteiger partial charge in [0.05, 0.1) is 0 Å². The van der Waals surface area contributed by atoms with Crippen LogP contribution >= 0.6 is 0 Å². The Hall–Kier alpha value is -1.30. The zero-order valence-corrected chi connectivity index (χ0v) is 15.4. The van der Waals surface area contributed by atoms with Gasteiger partial charge in [-0.2, -0.15) is 0 Å². The van der Waals surface area contributed by atoms with Crippen molar-refractivity contribution in [2.75, 3.05) is 40.3 Å². The molecule has 6 heteroatoms. The maximum atomic E-state index is 12.3. The number of carbonyl (C=O) groups excluding carboxylic acids is 2. The molecule has 138 valence electrons. The molecule has 0 aromatic heterocycles. The van der Waals surface area contributed by atoms with Gasteiger partial charge in [-0.05, 0) is 25.7 Å². The van der Waals surface area contributed by atoms with Crippen LogP contribution in [0.25, 0.3) is 0 Å². The van der Waals surface area contributed by atoms with Crippen LogP contribution < -0.4 is 10.6 Å². The quantitative estimate of drug-likeness (QED) is 0.593. The van der Waals surface area contributed by atoms with Gasteiger partial charge in [0.25, 0.3) is 0 Å². The minimum atomic E-state index is 0.0430. The molecule has 3 amide bonds. The lowest BCUT2D eigenvalue weighted by Gasteiger charge is -2.33. The Morgan fingerprint density at radius 1 is 0.958 bits per heavy atom. The summed E-state index contributed by atoms with van der Waals surface area (Å²) in [4.78, 5) is 27.6. The highest BCUT2D eigenvalue weighted by Crippen LogP contribution is 2.18. The number of piperidine rings is 1. The first-order valence-electron chi connectivity index (χ1n) is 9.55. The molecular weight excluding hydrogens is 304 g/mol. The molecule has 1 heterocycles. The number of hydrogen-bond donors (Lipinski definition) is 2. The van der Waals surface area contributed by atoms with Crippen LogP contribution in [0.3, 0.4) is 0 Å². The molecule has 2 rings (SSSR count). The molecule has 6 nitrogen and oxygen atoms in total. The number of urea groups is 1. The van der Waals surface area contributed by atoms with Crippen LogP contribution in [0.15, 0.2) is 0 Å². The van der Waals surface area contributed by atoms with Crippen molar-refractivity contribution in [3.05, 3.63) is 0 Å². The topological polar surface area (TPSA) is 64.7 Å². The first-order chi connectivity index (χ1) is 11.6. The molecule has 0 bridgehead atoms. The molecule has 1 saturated heterocycles. The van der Waals surface area contributed by atoms with Gasteiger partial charge in [0.2, 0.25) is 5.91 Å². The number of amides is 3. The molecule has 1 aliphatic carbocycles. The molecule has 2 fully saturated rings. The SMILES string of the molecule is CN(C)C(=O)N1CCC(C(=O)NCCNC2CCCCCC2)CC1. The molecule has 0 atom stereocenters. The van der Waals surface area contributed by atoms with Gasteiger partial charge in [0.15, 0.2) is 0 Å². The Labute approximate surface area is 146 Å². The molecule has 1 aliphatic heterocycles. The van der Waals surface area contributed by atoms with Crippen LogP contribution in [0.2, 0.25) is 0 Å². The third-order valence-electron chi connectivity index (χ3n) is 5.23. The number of nitrogens with zero attached hydrogens (tertiary/aromatic N) is 2. The van der Waals surface area contributed by atoms with E-state index in [9.17, 15) is 9.59 Å². The van der Waals surface area contributed by atoms with Crippen LogP contribution in [0, 0.1) is 5.92 Å². The van der Waals surface area contributed by atoms with E-state index in [2.05, 4.69) is 10.6 Å². The second-order valence-electron chi connectivity index (χ2n) is 7.37. The van der Waals surface area contributed by atoms with Crippen LogP contribution in [-0.2, 0) is 4.79 Å². The average Bonchev–Trinajstić information content (AvgIpc) is 2.86. The van der Waals surface area contributed by atoms with Gasteiger partial charge in [-0.3, -0.25) is 4.79 Å². The molecule has 0 unspecified atom stereocenters. The molecule has 0 radical (unpaired) electrons. The summed E-state index contributed by atoms with van der Waals surface area (Å²) in [5.74, 6) is 0.198. The molecule has 1 saturated carbocycles. The Morgan fingerprint density at radius 3 is 2.17 bits per heavy atom. The summed E-state index contributed by atoms with van der Waals surface area (Å²) < 4.78 is 0. The van der Waals surface area contributed by atoms with E-state index in [1.165, 1.54) is 38.5 Å². The number of carbonyl (C=O) groups is 2. The lowest BCUT2D eigenvalue weighted by molar-refractivity contribution is -0.126. The van der Waals surface area contributed by atoms with Crippen molar-refractivity contribution in [3.63, 3.8) is 0 Å². The maximum Gasteiger partial charge on any atom is 0.319 e. The van der Waals surface area contributed by atoms with Crippen molar-refractivity contribution in [2.45, 2.75) is 57.4 Å². The first-order valence-corrected chi connectivity index (χ1v) is 9.55. The second-order valence-corrected chi connectivity index (χ2v) is 7.37. The molecule has 0 spiro atoms. The summed E-state index contributed by atoms with van der Waals surface area (Å²) in [6.07, 6.45) is 9.46. The van der Waals surface area contributed by atoms with Gasteiger partial charge >= 0.3 is 6.03 Å². The van der Waals surface area contributed by atoms with Gasteiger partial charge in [-0.1, -0.05) is 25.7 Å². The molecule has 0 aromatic carbocycles. The maximum absolute atomic E-state index is 12.3. The van der Waals surface area contributed by atoms with Gasteiger partial charge < -0.3 is 20.4 Å². The molecule has 0 aromatic rings. The second kappa shape index (κ2) is 9.87. The average molecular weight is 338 g/mol. The van der Waals surface area contributed by atoms with Crippen molar-refractivity contribution >= 4 is 11.9 Å². The number of hydrogen-bond acceptors (Lipinski definition) is 3. The Kier molecular flexibility index (Phi) is 7.82. The highest BCUT2D eigenvalue weighted by molar-refractivity contribution is 5.79. The molecule has 24 heavy (non-hydrogen) atoms.